The normalized spacial score (nSPS) is 15.3. The molecule has 0 spiro atoms. The smallest absolute Gasteiger partial charge is 0.253 e. The number of aromatic nitrogens is 1. The van der Waals surface area contributed by atoms with Gasteiger partial charge in [-0.1, -0.05) is 18.2 Å². The molecule has 1 aliphatic heterocycles. The molecule has 1 amide bonds. The summed E-state index contributed by atoms with van der Waals surface area (Å²) in [5.41, 5.74) is 7.77. The van der Waals surface area contributed by atoms with Crippen molar-refractivity contribution in [3.8, 4) is 0 Å². The summed E-state index contributed by atoms with van der Waals surface area (Å²) >= 11 is 0. The number of likely N-dealkylation sites (N-methyl/N-ethyl adjacent to an activating group) is 1. The van der Waals surface area contributed by atoms with Gasteiger partial charge in [0.05, 0.1) is 5.56 Å². The first-order chi connectivity index (χ1) is 11.6. The van der Waals surface area contributed by atoms with E-state index in [9.17, 15) is 4.79 Å². The van der Waals surface area contributed by atoms with Crippen LogP contribution in [0.3, 0.4) is 0 Å². The van der Waals surface area contributed by atoms with Crippen molar-refractivity contribution < 1.29 is 4.79 Å². The Labute approximate surface area is 142 Å². The number of nitrogen functional groups attached to an aromatic ring is 1. The highest BCUT2D eigenvalue weighted by molar-refractivity contribution is 5.98. The molecule has 0 saturated carbocycles. The molecular weight excluding hydrogens is 302 g/mol. The Bertz CT molecular complexity index is 693. The highest BCUT2D eigenvalue weighted by Gasteiger charge is 2.15. The van der Waals surface area contributed by atoms with Crippen LogP contribution < -0.4 is 16.0 Å². The number of nitrogens with one attached hydrogen (secondary N) is 1. The predicted octanol–water partition coefficient (Wildman–Crippen LogP) is 1.35. The summed E-state index contributed by atoms with van der Waals surface area (Å²) in [5.74, 6) is 0.821. The number of para-hydroxylation sites is 1. The molecular formula is C18H23N5O. The first kappa shape index (κ1) is 16.3. The molecule has 24 heavy (non-hydrogen) atoms. The van der Waals surface area contributed by atoms with Crippen LogP contribution in [0.25, 0.3) is 0 Å². The van der Waals surface area contributed by atoms with E-state index in [2.05, 4.69) is 27.1 Å². The standard InChI is InChI=1S/C18H23N5O/c1-22-8-10-23(11-9-22)17-7-6-14(12-20-17)13-21-18(24)15-4-2-3-5-16(15)19/h2-7,12H,8-11,13,19H2,1H3,(H,21,24). The number of carbonyl (C=O) groups excluding carboxylic acids is 1. The molecule has 0 unspecified atom stereocenters. The molecule has 3 rings (SSSR count). The number of nitrogens with zero attached hydrogens (tertiary/aromatic N) is 3. The van der Waals surface area contributed by atoms with Crippen LogP contribution >= 0.6 is 0 Å². The molecule has 1 aromatic heterocycles. The van der Waals surface area contributed by atoms with Crippen LogP contribution in [0.1, 0.15) is 15.9 Å². The fourth-order valence-corrected chi connectivity index (χ4v) is 2.73. The van der Waals surface area contributed by atoms with Crippen molar-refractivity contribution in [3.05, 3.63) is 53.7 Å². The van der Waals surface area contributed by atoms with Crippen LogP contribution in [0.2, 0.25) is 0 Å². The summed E-state index contributed by atoms with van der Waals surface area (Å²) < 4.78 is 0. The summed E-state index contributed by atoms with van der Waals surface area (Å²) in [7, 11) is 2.13. The Morgan fingerprint density at radius 3 is 2.58 bits per heavy atom. The van der Waals surface area contributed by atoms with Crippen molar-refractivity contribution in [3.63, 3.8) is 0 Å². The molecule has 1 saturated heterocycles. The van der Waals surface area contributed by atoms with Gasteiger partial charge in [-0.2, -0.15) is 0 Å². The van der Waals surface area contributed by atoms with E-state index in [0.29, 0.717) is 17.8 Å². The van der Waals surface area contributed by atoms with Gasteiger partial charge in [0.1, 0.15) is 5.82 Å². The monoisotopic (exact) mass is 325 g/mol. The lowest BCUT2D eigenvalue weighted by Gasteiger charge is -2.33. The molecule has 126 valence electrons. The van der Waals surface area contributed by atoms with E-state index in [1.54, 1.807) is 18.2 Å². The van der Waals surface area contributed by atoms with Gasteiger partial charge in [-0.05, 0) is 30.8 Å². The fourth-order valence-electron chi connectivity index (χ4n) is 2.73. The lowest BCUT2D eigenvalue weighted by molar-refractivity contribution is 0.0952. The number of rotatable bonds is 4. The molecule has 2 aromatic rings. The van der Waals surface area contributed by atoms with Gasteiger partial charge >= 0.3 is 0 Å². The molecule has 1 fully saturated rings. The van der Waals surface area contributed by atoms with Gasteiger partial charge < -0.3 is 20.9 Å². The van der Waals surface area contributed by atoms with E-state index in [4.69, 9.17) is 5.73 Å². The van der Waals surface area contributed by atoms with Crippen molar-refractivity contribution in [2.45, 2.75) is 6.54 Å². The van der Waals surface area contributed by atoms with E-state index >= 15 is 0 Å². The third kappa shape index (κ3) is 3.83. The number of nitrogens with two attached hydrogens (primary N) is 1. The van der Waals surface area contributed by atoms with E-state index in [-0.39, 0.29) is 5.91 Å². The Hall–Kier alpha value is -2.60. The number of piperazine rings is 1. The number of benzene rings is 1. The van der Waals surface area contributed by atoms with E-state index < -0.39 is 0 Å². The second-order valence-electron chi connectivity index (χ2n) is 6.08. The molecule has 0 atom stereocenters. The van der Waals surface area contributed by atoms with E-state index in [1.807, 2.05) is 24.4 Å². The number of amides is 1. The van der Waals surface area contributed by atoms with Gasteiger partial charge in [0, 0.05) is 44.6 Å². The molecule has 1 aliphatic rings. The molecule has 0 bridgehead atoms. The summed E-state index contributed by atoms with van der Waals surface area (Å²) in [4.78, 5) is 21.3. The van der Waals surface area contributed by atoms with Crippen LogP contribution in [0.5, 0.6) is 0 Å². The maximum absolute atomic E-state index is 12.2. The summed E-state index contributed by atoms with van der Waals surface area (Å²) in [5, 5.41) is 2.88. The maximum atomic E-state index is 12.2. The zero-order valence-electron chi connectivity index (χ0n) is 13.9. The van der Waals surface area contributed by atoms with Gasteiger partial charge in [0.2, 0.25) is 0 Å². The molecule has 0 aliphatic carbocycles. The maximum Gasteiger partial charge on any atom is 0.253 e. The quantitative estimate of drug-likeness (QED) is 0.830. The van der Waals surface area contributed by atoms with Gasteiger partial charge in [-0.25, -0.2) is 4.98 Å². The molecule has 3 N–H and O–H groups in total. The molecule has 1 aromatic carbocycles. The molecule has 0 radical (unpaired) electrons. The minimum atomic E-state index is -0.170. The fraction of sp³-hybridized carbons (Fsp3) is 0.333. The lowest BCUT2D eigenvalue weighted by atomic mass is 10.1. The zero-order valence-corrected chi connectivity index (χ0v) is 13.9. The Morgan fingerprint density at radius 1 is 1.17 bits per heavy atom. The minimum absolute atomic E-state index is 0.170. The molecule has 6 nitrogen and oxygen atoms in total. The average Bonchev–Trinajstić information content (AvgIpc) is 2.61. The second kappa shape index (κ2) is 7.31. The lowest BCUT2D eigenvalue weighted by Crippen LogP contribution is -2.44. The van der Waals surface area contributed by atoms with Gasteiger partial charge in [0.15, 0.2) is 0 Å². The topological polar surface area (TPSA) is 74.5 Å². The van der Waals surface area contributed by atoms with E-state index in [1.165, 1.54) is 0 Å². The van der Waals surface area contributed by atoms with Crippen molar-refractivity contribution in [2.75, 3.05) is 43.9 Å². The van der Waals surface area contributed by atoms with Crippen LogP contribution in [-0.2, 0) is 6.54 Å². The Kier molecular flexibility index (Phi) is 4.96. The van der Waals surface area contributed by atoms with Crippen LogP contribution in [-0.4, -0.2) is 49.0 Å². The molecule has 6 heteroatoms. The highest BCUT2D eigenvalue weighted by Crippen LogP contribution is 2.14. The SMILES string of the molecule is CN1CCN(c2ccc(CNC(=O)c3ccccc3N)cn2)CC1. The number of anilines is 2. The summed E-state index contributed by atoms with van der Waals surface area (Å²) in [6.07, 6.45) is 1.82. The first-order valence-electron chi connectivity index (χ1n) is 8.14. The minimum Gasteiger partial charge on any atom is -0.398 e. The van der Waals surface area contributed by atoms with Crippen molar-refractivity contribution in [1.29, 1.82) is 0 Å². The molecule has 2 heterocycles. The van der Waals surface area contributed by atoms with Crippen molar-refractivity contribution in [2.24, 2.45) is 0 Å². The van der Waals surface area contributed by atoms with Crippen LogP contribution in [0.4, 0.5) is 11.5 Å². The number of hydrogen-bond donors (Lipinski definition) is 2. The highest BCUT2D eigenvalue weighted by atomic mass is 16.1. The third-order valence-corrected chi connectivity index (χ3v) is 4.29. The van der Waals surface area contributed by atoms with Gasteiger partial charge in [0.25, 0.3) is 5.91 Å². The number of carbonyl (C=O) groups is 1. The summed E-state index contributed by atoms with van der Waals surface area (Å²) in [6.45, 7) is 4.53. The predicted molar refractivity (Wildman–Crippen MR) is 96.0 cm³/mol. The Balaban J connectivity index is 1.57. The van der Waals surface area contributed by atoms with Crippen molar-refractivity contribution in [1.82, 2.24) is 15.2 Å². The van der Waals surface area contributed by atoms with Gasteiger partial charge in [-0.3, -0.25) is 4.79 Å². The zero-order chi connectivity index (χ0) is 16.9. The van der Waals surface area contributed by atoms with Gasteiger partial charge in [-0.15, -0.1) is 0 Å². The average molecular weight is 325 g/mol. The van der Waals surface area contributed by atoms with Crippen LogP contribution in [0.15, 0.2) is 42.6 Å². The number of pyridine rings is 1. The van der Waals surface area contributed by atoms with Crippen molar-refractivity contribution >= 4 is 17.4 Å². The summed E-state index contributed by atoms with van der Waals surface area (Å²) in [6, 6.07) is 11.1. The second-order valence-corrected chi connectivity index (χ2v) is 6.08. The first-order valence-corrected chi connectivity index (χ1v) is 8.14. The largest absolute Gasteiger partial charge is 0.398 e. The van der Waals surface area contributed by atoms with E-state index in [0.717, 1.165) is 37.6 Å². The third-order valence-electron chi connectivity index (χ3n) is 4.29. The van der Waals surface area contributed by atoms with Crippen LogP contribution in [0, 0.1) is 0 Å². The number of hydrogen-bond acceptors (Lipinski definition) is 5. The Morgan fingerprint density at radius 2 is 1.92 bits per heavy atom.